The van der Waals surface area contributed by atoms with Crippen molar-refractivity contribution in [3.63, 3.8) is 0 Å². The van der Waals surface area contributed by atoms with Crippen molar-refractivity contribution in [1.82, 2.24) is 24.1 Å². The molecular formula is C26H28N6O2. The molecule has 174 valence electrons. The highest BCUT2D eigenvalue weighted by atomic mass is 16.5. The zero-order chi connectivity index (χ0) is 24.1. The Morgan fingerprint density at radius 2 is 1.94 bits per heavy atom. The monoisotopic (exact) mass is 456 g/mol. The third-order valence-corrected chi connectivity index (χ3v) is 5.59. The van der Waals surface area contributed by atoms with Crippen molar-refractivity contribution in [2.24, 2.45) is 0 Å². The third-order valence-electron chi connectivity index (χ3n) is 5.59. The molecule has 8 heteroatoms. The lowest BCUT2D eigenvalue weighted by atomic mass is 10.1. The van der Waals surface area contributed by atoms with Crippen LogP contribution in [0.1, 0.15) is 29.6 Å². The van der Waals surface area contributed by atoms with Crippen LogP contribution in [0.3, 0.4) is 0 Å². The first-order valence-electron chi connectivity index (χ1n) is 11.1. The molecule has 1 N–H and O–H groups in total. The lowest BCUT2D eigenvalue weighted by Gasteiger charge is -2.09. The van der Waals surface area contributed by atoms with Crippen LogP contribution in [0, 0.1) is 13.8 Å². The van der Waals surface area contributed by atoms with Gasteiger partial charge in [0.05, 0.1) is 30.6 Å². The van der Waals surface area contributed by atoms with Gasteiger partial charge in [-0.05, 0) is 56.7 Å². The van der Waals surface area contributed by atoms with E-state index in [0.717, 1.165) is 45.6 Å². The van der Waals surface area contributed by atoms with Crippen LogP contribution in [0.15, 0.2) is 60.9 Å². The molecule has 0 fully saturated rings. The number of amides is 1. The second-order valence-corrected chi connectivity index (χ2v) is 7.87. The number of nitrogens with one attached hydrogen (secondary N) is 1. The topological polar surface area (TPSA) is 86.3 Å². The Kier molecular flexibility index (Phi) is 6.87. The van der Waals surface area contributed by atoms with Gasteiger partial charge in [-0.2, -0.15) is 5.10 Å². The number of carbonyl (C=O) groups is 1. The maximum Gasteiger partial charge on any atom is 0.218 e. The van der Waals surface area contributed by atoms with E-state index < -0.39 is 0 Å². The fourth-order valence-electron chi connectivity index (χ4n) is 3.94. The number of anilines is 1. The highest BCUT2D eigenvalue weighted by Gasteiger charge is 2.15. The molecule has 0 aliphatic rings. The fraction of sp³-hybridized carbons (Fsp3) is 0.231. The molecule has 0 radical (unpaired) electrons. The lowest BCUT2D eigenvalue weighted by molar-refractivity contribution is -0.105. The molecule has 0 aliphatic carbocycles. The van der Waals surface area contributed by atoms with E-state index in [1.54, 1.807) is 7.11 Å². The van der Waals surface area contributed by atoms with Gasteiger partial charge >= 0.3 is 0 Å². The Morgan fingerprint density at radius 3 is 2.68 bits per heavy atom. The van der Waals surface area contributed by atoms with Gasteiger partial charge < -0.3 is 14.5 Å². The summed E-state index contributed by atoms with van der Waals surface area (Å²) < 4.78 is 9.38. The molecule has 1 aromatic carbocycles. The van der Waals surface area contributed by atoms with E-state index in [1.807, 2.05) is 79.5 Å². The number of methoxy groups -OCH3 is 1. The van der Waals surface area contributed by atoms with E-state index in [9.17, 15) is 4.79 Å². The van der Waals surface area contributed by atoms with Crippen molar-refractivity contribution in [2.45, 2.75) is 33.7 Å². The SMILES string of the molecule is CCc1nn(Cc2ccc(C)nc2OC)c2cccc(NC=O)c12.Cc1cnc2ccccn12. The van der Waals surface area contributed by atoms with Crippen LogP contribution in [0.4, 0.5) is 5.69 Å². The number of hydrogen-bond donors (Lipinski definition) is 1. The molecule has 0 atom stereocenters. The molecule has 4 heterocycles. The Bertz CT molecular complexity index is 1440. The molecule has 0 bridgehead atoms. The van der Waals surface area contributed by atoms with Crippen LogP contribution in [0.2, 0.25) is 0 Å². The maximum atomic E-state index is 10.9. The van der Waals surface area contributed by atoms with Crippen molar-refractivity contribution in [3.05, 3.63) is 83.6 Å². The predicted molar refractivity (Wildman–Crippen MR) is 133 cm³/mol. The quantitative estimate of drug-likeness (QED) is 0.378. The number of ether oxygens (including phenoxy) is 1. The smallest absolute Gasteiger partial charge is 0.218 e. The number of rotatable bonds is 6. The number of fused-ring (bicyclic) bond motifs is 2. The highest BCUT2D eigenvalue weighted by Crippen LogP contribution is 2.28. The van der Waals surface area contributed by atoms with E-state index in [4.69, 9.17) is 9.84 Å². The number of pyridine rings is 2. The van der Waals surface area contributed by atoms with E-state index in [2.05, 4.69) is 26.6 Å². The van der Waals surface area contributed by atoms with Crippen molar-refractivity contribution in [1.29, 1.82) is 0 Å². The maximum absolute atomic E-state index is 10.9. The molecule has 0 saturated carbocycles. The van der Waals surface area contributed by atoms with Crippen LogP contribution in [0.5, 0.6) is 5.88 Å². The molecule has 0 spiro atoms. The summed E-state index contributed by atoms with van der Waals surface area (Å²) in [7, 11) is 1.62. The summed E-state index contributed by atoms with van der Waals surface area (Å²) in [6.45, 7) is 6.58. The minimum atomic E-state index is 0.553. The molecule has 8 nitrogen and oxygen atoms in total. The number of hydrogen-bond acceptors (Lipinski definition) is 5. The Labute approximate surface area is 198 Å². The Hall–Kier alpha value is -4.20. The normalized spacial score (nSPS) is 10.7. The number of aromatic nitrogens is 5. The van der Waals surface area contributed by atoms with Crippen molar-refractivity contribution < 1.29 is 9.53 Å². The first-order chi connectivity index (χ1) is 16.5. The van der Waals surface area contributed by atoms with Crippen LogP contribution in [-0.2, 0) is 17.8 Å². The van der Waals surface area contributed by atoms with Crippen LogP contribution >= 0.6 is 0 Å². The summed E-state index contributed by atoms with van der Waals surface area (Å²) in [6.07, 6.45) is 5.36. The van der Waals surface area contributed by atoms with Gasteiger partial charge in [0, 0.05) is 34.7 Å². The van der Waals surface area contributed by atoms with E-state index in [-0.39, 0.29) is 0 Å². The first kappa shape index (κ1) is 23.0. The zero-order valence-corrected chi connectivity index (χ0v) is 19.8. The van der Waals surface area contributed by atoms with Gasteiger partial charge in [0.25, 0.3) is 0 Å². The average Bonchev–Trinajstić information content (AvgIpc) is 3.42. The average molecular weight is 457 g/mol. The fourth-order valence-corrected chi connectivity index (χ4v) is 3.94. The van der Waals surface area contributed by atoms with Gasteiger partial charge in [0.1, 0.15) is 5.65 Å². The van der Waals surface area contributed by atoms with Gasteiger partial charge in [-0.15, -0.1) is 0 Å². The number of benzene rings is 1. The largest absolute Gasteiger partial charge is 0.481 e. The number of nitrogens with zero attached hydrogens (tertiary/aromatic N) is 5. The highest BCUT2D eigenvalue weighted by molar-refractivity contribution is 5.97. The third kappa shape index (κ3) is 4.61. The van der Waals surface area contributed by atoms with E-state index in [1.165, 1.54) is 5.69 Å². The Morgan fingerprint density at radius 1 is 1.09 bits per heavy atom. The standard InChI is InChI=1S/C18H20N4O2.C8H8N2/c1-4-14-17-15(19-11-23)6-5-7-16(17)22(21-14)10-13-9-8-12(2)20-18(13)24-3;1-7-6-9-8-4-2-3-5-10(7)8/h5-9,11H,4,10H2,1-3H3,(H,19,23);2-6H,1H3. The summed E-state index contributed by atoms with van der Waals surface area (Å²) in [4.78, 5) is 19.5. The Balaban J connectivity index is 0.000000226. The minimum absolute atomic E-state index is 0.553. The van der Waals surface area contributed by atoms with E-state index in [0.29, 0.717) is 18.8 Å². The molecule has 1 amide bonds. The first-order valence-corrected chi connectivity index (χ1v) is 11.1. The lowest BCUT2D eigenvalue weighted by Crippen LogP contribution is -2.05. The molecule has 5 aromatic rings. The van der Waals surface area contributed by atoms with Gasteiger partial charge in [-0.1, -0.05) is 19.1 Å². The van der Waals surface area contributed by atoms with Crippen molar-refractivity contribution >= 4 is 28.6 Å². The van der Waals surface area contributed by atoms with Crippen molar-refractivity contribution in [3.8, 4) is 5.88 Å². The predicted octanol–water partition coefficient (Wildman–Crippen LogP) is 4.57. The number of imidazole rings is 1. The molecular weight excluding hydrogens is 428 g/mol. The molecule has 4 aromatic heterocycles. The molecule has 34 heavy (non-hydrogen) atoms. The van der Waals surface area contributed by atoms with Crippen LogP contribution in [-0.4, -0.2) is 37.7 Å². The molecule has 0 aliphatic heterocycles. The summed E-state index contributed by atoms with van der Waals surface area (Å²) in [6, 6.07) is 15.8. The summed E-state index contributed by atoms with van der Waals surface area (Å²) in [5.74, 6) is 0.610. The number of carbonyl (C=O) groups excluding carboxylic acids is 1. The van der Waals surface area contributed by atoms with Crippen molar-refractivity contribution in [2.75, 3.05) is 12.4 Å². The zero-order valence-electron chi connectivity index (χ0n) is 19.8. The minimum Gasteiger partial charge on any atom is -0.481 e. The molecule has 0 saturated heterocycles. The van der Waals surface area contributed by atoms with Crippen LogP contribution in [0.25, 0.3) is 16.6 Å². The van der Waals surface area contributed by atoms with E-state index >= 15 is 0 Å². The van der Waals surface area contributed by atoms with Gasteiger partial charge in [0.15, 0.2) is 0 Å². The molecule has 0 unspecified atom stereocenters. The van der Waals surface area contributed by atoms with Gasteiger partial charge in [-0.3, -0.25) is 9.48 Å². The second-order valence-electron chi connectivity index (χ2n) is 7.87. The van der Waals surface area contributed by atoms with Crippen LogP contribution < -0.4 is 10.1 Å². The summed E-state index contributed by atoms with van der Waals surface area (Å²) in [5, 5.41) is 8.46. The second kappa shape index (κ2) is 10.2. The molecule has 5 rings (SSSR count). The summed E-state index contributed by atoms with van der Waals surface area (Å²) >= 11 is 0. The summed E-state index contributed by atoms with van der Waals surface area (Å²) in [5.41, 5.74) is 6.77. The number of aryl methyl sites for hydroxylation is 3. The van der Waals surface area contributed by atoms with Gasteiger partial charge in [-0.25, -0.2) is 9.97 Å². The van der Waals surface area contributed by atoms with Gasteiger partial charge in [0.2, 0.25) is 12.3 Å².